The quantitative estimate of drug-likeness (QED) is 0.299. The van der Waals surface area contributed by atoms with E-state index in [1.165, 1.54) is 11.8 Å². The predicted octanol–water partition coefficient (Wildman–Crippen LogP) is 6.30. The number of nitrogens with zero attached hydrogens (tertiary/aromatic N) is 2. The Balaban J connectivity index is 1.54. The molecule has 2 aliphatic rings. The number of hydrogen-bond donors (Lipinski definition) is 1. The van der Waals surface area contributed by atoms with Crippen LogP contribution in [0.5, 0.6) is 0 Å². The molecule has 4 nitrogen and oxygen atoms in total. The third-order valence-corrected chi connectivity index (χ3v) is 6.61. The van der Waals surface area contributed by atoms with Gasteiger partial charge < -0.3 is 0 Å². The Bertz CT molecular complexity index is 1480. The van der Waals surface area contributed by atoms with E-state index in [4.69, 9.17) is 5.41 Å². The number of rotatable bonds is 2. The second kappa shape index (κ2) is 7.32. The van der Waals surface area contributed by atoms with Crippen LogP contribution in [-0.4, -0.2) is 21.8 Å². The van der Waals surface area contributed by atoms with E-state index in [0.717, 1.165) is 38.4 Å². The number of amidine groups is 2. The van der Waals surface area contributed by atoms with Crippen LogP contribution in [0.2, 0.25) is 0 Å². The van der Waals surface area contributed by atoms with Crippen molar-refractivity contribution in [1.29, 1.82) is 5.41 Å². The fourth-order valence-corrected chi connectivity index (χ4v) is 5.15. The standard InChI is InChI=1S/C27H17N3OS/c28-25-23(26(31)29-27-30(25)24(16-32-27)17-8-2-1-3-9-17)15-22-20-12-6-4-10-18(20)14-19-11-5-7-13-21(19)22/h1-16,28H/b23-15-,28-25?. The molecule has 0 spiro atoms. The lowest BCUT2D eigenvalue weighted by Crippen LogP contribution is -2.38. The number of fused-ring (bicyclic) bond motifs is 3. The fraction of sp³-hybridized carbons (Fsp3) is 0. The number of carbonyl (C=O) groups is 1. The molecule has 2 heterocycles. The molecule has 0 radical (unpaired) electrons. The summed E-state index contributed by atoms with van der Waals surface area (Å²) in [5, 5.41) is 15.7. The van der Waals surface area contributed by atoms with Crippen LogP contribution in [-0.2, 0) is 4.79 Å². The van der Waals surface area contributed by atoms with E-state index < -0.39 is 0 Å². The number of hydrogen-bond acceptors (Lipinski definition) is 3. The first-order valence-corrected chi connectivity index (χ1v) is 11.2. The summed E-state index contributed by atoms with van der Waals surface area (Å²) in [5.74, 6) is -0.231. The predicted molar refractivity (Wildman–Crippen MR) is 133 cm³/mol. The van der Waals surface area contributed by atoms with Crippen LogP contribution >= 0.6 is 11.8 Å². The molecular formula is C27H17N3OS. The molecule has 2 aliphatic heterocycles. The maximum atomic E-state index is 13.0. The molecule has 6 rings (SSSR count). The summed E-state index contributed by atoms with van der Waals surface area (Å²) < 4.78 is 0. The SMILES string of the molecule is N=C1/C(=C/c2c3ccccc3cc3ccccc23)C(=O)N=C2SC=C(c3ccccc3)N12. The second-order valence-electron chi connectivity index (χ2n) is 7.66. The average Bonchev–Trinajstić information content (AvgIpc) is 3.25. The molecule has 0 saturated carbocycles. The molecule has 152 valence electrons. The molecule has 0 aromatic heterocycles. The molecule has 1 amide bonds. The number of benzene rings is 4. The van der Waals surface area contributed by atoms with Gasteiger partial charge in [0.15, 0.2) is 5.17 Å². The smallest absolute Gasteiger partial charge is 0.283 e. The highest BCUT2D eigenvalue weighted by Gasteiger charge is 2.36. The summed E-state index contributed by atoms with van der Waals surface area (Å²) >= 11 is 1.38. The van der Waals surface area contributed by atoms with Gasteiger partial charge in [0.1, 0.15) is 5.84 Å². The van der Waals surface area contributed by atoms with Crippen LogP contribution in [0.25, 0.3) is 33.3 Å². The molecule has 0 unspecified atom stereocenters. The molecule has 0 saturated heterocycles. The van der Waals surface area contributed by atoms with E-state index in [1.807, 2.05) is 66.1 Å². The topological polar surface area (TPSA) is 56.5 Å². The van der Waals surface area contributed by atoms with Crippen molar-refractivity contribution in [3.05, 3.63) is 107 Å². The summed E-state index contributed by atoms with van der Waals surface area (Å²) in [5.41, 5.74) is 3.07. The molecule has 1 N–H and O–H groups in total. The molecule has 0 fully saturated rings. The van der Waals surface area contributed by atoms with Crippen molar-refractivity contribution in [3.63, 3.8) is 0 Å². The van der Waals surface area contributed by atoms with Gasteiger partial charge in [-0.1, -0.05) is 90.6 Å². The second-order valence-corrected chi connectivity index (χ2v) is 8.50. The maximum Gasteiger partial charge on any atom is 0.283 e. The molecular weight excluding hydrogens is 414 g/mol. The highest BCUT2D eigenvalue weighted by molar-refractivity contribution is 8.17. The van der Waals surface area contributed by atoms with Crippen LogP contribution in [0.1, 0.15) is 11.1 Å². The normalized spacial score (nSPS) is 17.1. The minimum Gasteiger partial charge on any atom is -0.283 e. The Morgan fingerprint density at radius 3 is 2.16 bits per heavy atom. The van der Waals surface area contributed by atoms with Gasteiger partial charge in [0.05, 0.1) is 11.3 Å². The third kappa shape index (κ3) is 2.90. The minimum absolute atomic E-state index is 0.150. The molecule has 32 heavy (non-hydrogen) atoms. The van der Waals surface area contributed by atoms with E-state index in [9.17, 15) is 4.79 Å². The lowest BCUT2D eigenvalue weighted by Gasteiger charge is -2.27. The van der Waals surface area contributed by atoms with Crippen molar-refractivity contribution in [3.8, 4) is 0 Å². The number of thioether (sulfide) groups is 1. The van der Waals surface area contributed by atoms with Gasteiger partial charge in [-0.3, -0.25) is 15.1 Å². The van der Waals surface area contributed by atoms with Gasteiger partial charge in [0.2, 0.25) is 0 Å². The highest BCUT2D eigenvalue weighted by Crippen LogP contribution is 2.38. The van der Waals surface area contributed by atoms with Crippen LogP contribution in [0.3, 0.4) is 0 Å². The van der Waals surface area contributed by atoms with Gasteiger partial charge in [-0.05, 0) is 44.8 Å². The Morgan fingerprint density at radius 1 is 0.844 bits per heavy atom. The van der Waals surface area contributed by atoms with E-state index >= 15 is 0 Å². The average molecular weight is 432 g/mol. The Morgan fingerprint density at radius 2 is 1.47 bits per heavy atom. The van der Waals surface area contributed by atoms with Crippen molar-refractivity contribution >= 4 is 62.0 Å². The summed E-state index contributed by atoms with van der Waals surface area (Å²) in [6.45, 7) is 0. The minimum atomic E-state index is -0.381. The summed E-state index contributed by atoms with van der Waals surface area (Å²) in [6, 6.07) is 28.3. The van der Waals surface area contributed by atoms with Gasteiger partial charge >= 0.3 is 0 Å². The zero-order valence-electron chi connectivity index (χ0n) is 16.9. The van der Waals surface area contributed by atoms with Crippen molar-refractivity contribution < 1.29 is 4.79 Å². The van der Waals surface area contributed by atoms with Gasteiger partial charge in [-0.2, -0.15) is 4.99 Å². The highest BCUT2D eigenvalue weighted by atomic mass is 32.2. The monoisotopic (exact) mass is 431 g/mol. The van der Waals surface area contributed by atoms with Crippen LogP contribution in [0.4, 0.5) is 0 Å². The maximum absolute atomic E-state index is 13.0. The molecule has 4 aromatic rings. The number of aliphatic imine (C=N–C) groups is 1. The van der Waals surface area contributed by atoms with E-state index in [0.29, 0.717) is 10.7 Å². The van der Waals surface area contributed by atoms with Gasteiger partial charge in [0, 0.05) is 5.41 Å². The lowest BCUT2D eigenvalue weighted by molar-refractivity contribution is -0.114. The van der Waals surface area contributed by atoms with E-state index in [-0.39, 0.29) is 11.7 Å². The zero-order valence-corrected chi connectivity index (χ0v) is 17.8. The lowest BCUT2D eigenvalue weighted by atomic mass is 9.94. The van der Waals surface area contributed by atoms with Crippen LogP contribution in [0.15, 0.2) is 101 Å². The van der Waals surface area contributed by atoms with Crippen molar-refractivity contribution in [2.75, 3.05) is 0 Å². The Labute approximate surface area is 189 Å². The Kier molecular flexibility index (Phi) is 4.30. The first-order valence-electron chi connectivity index (χ1n) is 10.3. The fourth-order valence-electron chi connectivity index (χ4n) is 4.26. The first kappa shape index (κ1) is 18.8. The number of amides is 1. The van der Waals surface area contributed by atoms with Crippen molar-refractivity contribution in [2.45, 2.75) is 0 Å². The van der Waals surface area contributed by atoms with Crippen molar-refractivity contribution in [1.82, 2.24) is 4.90 Å². The van der Waals surface area contributed by atoms with Gasteiger partial charge in [-0.15, -0.1) is 0 Å². The van der Waals surface area contributed by atoms with Gasteiger partial charge in [-0.25, -0.2) is 0 Å². The summed E-state index contributed by atoms with van der Waals surface area (Å²) in [4.78, 5) is 19.1. The molecule has 4 aromatic carbocycles. The largest absolute Gasteiger partial charge is 0.283 e. The molecule has 0 aliphatic carbocycles. The van der Waals surface area contributed by atoms with E-state index in [2.05, 4.69) is 35.3 Å². The number of carbonyl (C=O) groups excluding carboxylic acids is 1. The van der Waals surface area contributed by atoms with Crippen LogP contribution in [0, 0.1) is 5.41 Å². The first-order chi connectivity index (χ1) is 15.7. The summed E-state index contributed by atoms with van der Waals surface area (Å²) in [7, 11) is 0. The zero-order chi connectivity index (χ0) is 21.7. The summed E-state index contributed by atoms with van der Waals surface area (Å²) in [6.07, 6.45) is 1.83. The molecule has 0 bridgehead atoms. The molecule has 5 heteroatoms. The van der Waals surface area contributed by atoms with Crippen LogP contribution < -0.4 is 0 Å². The Hall–Kier alpha value is -3.96. The van der Waals surface area contributed by atoms with Gasteiger partial charge in [0.25, 0.3) is 5.91 Å². The number of nitrogens with one attached hydrogen (secondary N) is 1. The van der Waals surface area contributed by atoms with E-state index in [1.54, 1.807) is 4.90 Å². The van der Waals surface area contributed by atoms with Crippen molar-refractivity contribution in [2.24, 2.45) is 4.99 Å². The third-order valence-electron chi connectivity index (χ3n) is 5.79. The molecule has 0 atom stereocenters.